The number of rotatable bonds is 2. The molecule has 0 fully saturated rings. The molecule has 0 saturated heterocycles. The molecule has 1 atom stereocenters. The van der Waals surface area contributed by atoms with Crippen LogP contribution in [0.3, 0.4) is 0 Å². The summed E-state index contributed by atoms with van der Waals surface area (Å²) < 4.78 is 0. The molecular weight excluding hydrogens is 144 g/mol. The molecule has 2 heteroatoms. The molecule has 1 aromatic rings. The van der Waals surface area contributed by atoms with E-state index in [0.717, 1.165) is 4.88 Å². The molecule has 1 aromatic heterocycles. The first-order valence-corrected chi connectivity index (χ1v) is 3.80. The lowest BCUT2D eigenvalue weighted by Crippen LogP contribution is -1.86. The highest BCUT2D eigenvalue weighted by Gasteiger charge is 2.01. The zero-order valence-electron chi connectivity index (χ0n) is 5.45. The van der Waals surface area contributed by atoms with Crippen molar-refractivity contribution in [1.82, 2.24) is 0 Å². The van der Waals surface area contributed by atoms with E-state index in [-0.39, 0.29) is 0 Å². The second kappa shape index (κ2) is 3.37. The van der Waals surface area contributed by atoms with Gasteiger partial charge in [0, 0.05) is 4.88 Å². The van der Waals surface area contributed by atoms with E-state index in [1.165, 1.54) is 17.4 Å². The third-order valence-corrected chi connectivity index (χ3v) is 2.05. The molecule has 10 heavy (non-hydrogen) atoms. The van der Waals surface area contributed by atoms with E-state index in [2.05, 4.69) is 12.3 Å². The van der Waals surface area contributed by atoms with Crippen LogP contribution in [-0.2, 0) is 0 Å². The lowest BCUT2D eigenvalue weighted by atomic mass is 10.3. The molecule has 0 aromatic carbocycles. The lowest BCUT2D eigenvalue weighted by molar-refractivity contribution is 0.233. The highest BCUT2D eigenvalue weighted by atomic mass is 32.1. The van der Waals surface area contributed by atoms with Crippen molar-refractivity contribution in [2.75, 3.05) is 0 Å². The SMILES string of the molecule is C=C=CC(O)c1cccs1. The van der Waals surface area contributed by atoms with Gasteiger partial charge in [0.25, 0.3) is 0 Å². The number of aliphatic hydroxyl groups excluding tert-OH is 1. The summed E-state index contributed by atoms with van der Waals surface area (Å²) in [6.45, 7) is 3.37. The fourth-order valence-corrected chi connectivity index (χ4v) is 1.33. The third-order valence-electron chi connectivity index (χ3n) is 1.11. The average molecular weight is 152 g/mol. The van der Waals surface area contributed by atoms with E-state index in [1.54, 1.807) is 0 Å². The van der Waals surface area contributed by atoms with Gasteiger partial charge in [0.15, 0.2) is 0 Å². The number of aliphatic hydroxyl groups is 1. The maximum absolute atomic E-state index is 9.26. The topological polar surface area (TPSA) is 20.2 Å². The Bertz CT molecular complexity index is 232. The second-order valence-corrected chi connectivity index (χ2v) is 2.81. The van der Waals surface area contributed by atoms with Crippen LogP contribution in [0.5, 0.6) is 0 Å². The summed E-state index contributed by atoms with van der Waals surface area (Å²) in [4.78, 5) is 0.927. The van der Waals surface area contributed by atoms with Crippen LogP contribution in [-0.4, -0.2) is 5.11 Å². The lowest BCUT2D eigenvalue weighted by Gasteiger charge is -1.97. The number of thiophene rings is 1. The fourth-order valence-electron chi connectivity index (χ4n) is 0.653. The summed E-state index contributed by atoms with van der Waals surface area (Å²) >= 11 is 1.52. The maximum atomic E-state index is 9.26. The zero-order chi connectivity index (χ0) is 7.40. The molecule has 0 amide bonds. The van der Waals surface area contributed by atoms with Gasteiger partial charge in [-0.1, -0.05) is 12.6 Å². The van der Waals surface area contributed by atoms with Gasteiger partial charge in [-0.25, -0.2) is 0 Å². The van der Waals surface area contributed by atoms with Crippen LogP contribution in [0.4, 0.5) is 0 Å². The Morgan fingerprint density at radius 3 is 3.10 bits per heavy atom. The summed E-state index contributed by atoms with van der Waals surface area (Å²) in [6.07, 6.45) is 1.00. The molecule has 1 nitrogen and oxygen atoms in total. The van der Waals surface area contributed by atoms with Gasteiger partial charge in [0.05, 0.1) is 0 Å². The van der Waals surface area contributed by atoms with Crippen molar-refractivity contribution in [3.63, 3.8) is 0 Å². The summed E-state index contributed by atoms with van der Waals surface area (Å²) in [5.74, 6) is 0. The van der Waals surface area contributed by atoms with Gasteiger partial charge < -0.3 is 5.11 Å². The van der Waals surface area contributed by atoms with Crippen LogP contribution in [0.2, 0.25) is 0 Å². The fraction of sp³-hybridized carbons (Fsp3) is 0.125. The Kier molecular flexibility index (Phi) is 2.46. The van der Waals surface area contributed by atoms with E-state index in [4.69, 9.17) is 0 Å². The summed E-state index contributed by atoms with van der Waals surface area (Å²) in [5.41, 5.74) is 2.54. The quantitative estimate of drug-likeness (QED) is 0.643. The molecule has 0 aliphatic carbocycles. The van der Waals surface area contributed by atoms with Gasteiger partial charge in [0.1, 0.15) is 6.10 Å². The van der Waals surface area contributed by atoms with E-state index in [1.807, 2.05) is 17.5 Å². The van der Waals surface area contributed by atoms with Gasteiger partial charge >= 0.3 is 0 Å². The molecule has 52 valence electrons. The first kappa shape index (κ1) is 7.29. The minimum atomic E-state index is -0.530. The van der Waals surface area contributed by atoms with Crippen molar-refractivity contribution >= 4 is 11.3 Å². The molecule has 0 aliphatic heterocycles. The molecular formula is C8H8OS. The van der Waals surface area contributed by atoms with Crippen LogP contribution >= 0.6 is 11.3 Å². The zero-order valence-corrected chi connectivity index (χ0v) is 6.27. The molecule has 1 heterocycles. The largest absolute Gasteiger partial charge is 0.383 e. The Hall–Kier alpha value is -0.820. The van der Waals surface area contributed by atoms with E-state index >= 15 is 0 Å². The predicted molar refractivity (Wildman–Crippen MR) is 43.0 cm³/mol. The van der Waals surface area contributed by atoms with E-state index in [9.17, 15) is 5.11 Å². The highest BCUT2D eigenvalue weighted by Crippen LogP contribution is 2.18. The standard InChI is InChI=1S/C8H8OS/c1-2-4-7(9)8-5-3-6-10-8/h3-7,9H,1H2. The molecule has 0 saturated carbocycles. The highest BCUT2D eigenvalue weighted by molar-refractivity contribution is 7.10. The Morgan fingerprint density at radius 1 is 1.80 bits per heavy atom. The Morgan fingerprint density at radius 2 is 2.60 bits per heavy atom. The van der Waals surface area contributed by atoms with Crippen LogP contribution in [0.1, 0.15) is 11.0 Å². The van der Waals surface area contributed by atoms with Crippen molar-refractivity contribution < 1.29 is 5.11 Å². The van der Waals surface area contributed by atoms with Crippen molar-refractivity contribution in [3.8, 4) is 0 Å². The average Bonchev–Trinajstić information content (AvgIpc) is 2.38. The summed E-state index contributed by atoms with van der Waals surface area (Å²) in [6, 6.07) is 3.78. The number of hydrogen-bond acceptors (Lipinski definition) is 2. The predicted octanol–water partition coefficient (Wildman–Crippen LogP) is 2.12. The first-order chi connectivity index (χ1) is 4.84. The Balaban J connectivity index is 2.76. The smallest absolute Gasteiger partial charge is 0.114 e. The van der Waals surface area contributed by atoms with Crippen molar-refractivity contribution in [3.05, 3.63) is 40.8 Å². The monoisotopic (exact) mass is 152 g/mol. The molecule has 1 unspecified atom stereocenters. The van der Waals surface area contributed by atoms with Gasteiger partial charge in [0.2, 0.25) is 0 Å². The second-order valence-electron chi connectivity index (χ2n) is 1.83. The van der Waals surface area contributed by atoms with Crippen molar-refractivity contribution in [2.24, 2.45) is 0 Å². The molecule has 1 N–H and O–H groups in total. The van der Waals surface area contributed by atoms with Gasteiger partial charge in [-0.15, -0.1) is 17.1 Å². The normalized spacial score (nSPS) is 12.1. The molecule has 0 bridgehead atoms. The van der Waals surface area contributed by atoms with Crippen LogP contribution in [0.25, 0.3) is 0 Å². The number of hydrogen-bond donors (Lipinski definition) is 1. The van der Waals surface area contributed by atoms with E-state index in [0.29, 0.717) is 0 Å². The minimum Gasteiger partial charge on any atom is -0.383 e. The maximum Gasteiger partial charge on any atom is 0.114 e. The van der Waals surface area contributed by atoms with Gasteiger partial charge in [-0.3, -0.25) is 0 Å². The molecule has 0 aliphatic rings. The summed E-state index contributed by atoms with van der Waals surface area (Å²) in [7, 11) is 0. The minimum absolute atomic E-state index is 0.530. The van der Waals surface area contributed by atoms with Crippen molar-refractivity contribution in [1.29, 1.82) is 0 Å². The van der Waals surface area contributed by atoms with E-state index < -0.39 is 6.10 Å². The van der Waals surface area contributed by atoms with Gasteiger partial charge in [-0.2, -0.15) is 0 Å². The summed E-state index contributed by atoms with van der Waals surface area (Å²) in [5, 5.41) is 11.2. The molecule has 0 radical (unpaired) electrons. The van der Waals surface area contributed by atoms with Crippen molar-refractivity contribution in [2.45, 2.75) is 6.10 Å². The van der Waals surface area contributed by atoms with Gasteiger partial charge in [-0.05, 0) is 17.5 Å². The van der Waals surface area contributed by atoms with Crippen LogP contribution < -0.4 is 0 Å². The molecule has 0 spiro atoms. The first-order valence-electron chi connectivity index (χ1n) is 2.92. The third kappa shape index (κ3) is 1.58. The molecule has 1 rings (SSSR count). The van der Waals surface area contributed by atoms with Crippen LogP contribution in [0.15, 0.2) is 35.9 Å². The Labute approximate surface area is 63.9 Å². The van der Waals surface area contributed by atoms with Crippen LogP contribution in [0, 0.1) is 0 Å².